The molecule has 0 aliphatic carbocycles. The summed E-state index contributed by atoms with van der Waals surface area (Å²) in [5.41, 5.74) is 1.16. The molecule has 0 N–H and O–H groups in total. The van der Waals surface area contributed by atoms with Crippen LogP contribution in [0.2, 0.25) is 0 Å². The average Bonchev–Trinajstić information content (AvgIpc) is 2.49. The Morgan fingerprint density at radius 3 is 2.35 bits per heavy atom. The van der Waals surface area contributed by atoms with Crippen molar-refractivity contribution >= 4 is 30.4 Å². The first-order chi connectivity index (χ1) is 9.84. The summed E-state index contributed by atoms with van der Waals surface area (Å²) < 4.78 is 6.27. The van der Waals surface area contributed by atoms with Crippen molar-refractivity contribution in [2.45, 2.75) is 6.42 Å². The molecule has 0 fully saturated rings. The standard InChI is InChI=1S/C17H16O2Se/c18-17(20-16-12-5-2-6-13-16)19-14-8-7-11-15-9-3-1-4-10-15/h1-7,9-13H,8,14H2/b11-7+. The van der Waals surface area contributed by atoms with Gasteiger partial charge in [-0.1, -0.05) is 0 Å². The zero-order chi connectivity index (χ0) is 14.0. The van der Waals surface area contributed by atoms with Crippen LogP contribution in [0.15, 0.2) is 66.7 Å². The third-order valence-corrected chi connectivity index (χ3v) is 4.22. The number of hydrogen-bond acceptors (Lipinski definition) is 2. The molecule has 0 heterocycles. The van der Waals surface area contributed by atoms with Crippen LogP contribution >= 0.6 is 0 Å². The van der Waals surface area contributed by atoms with Crippen LogP contribution in [0.4, 0.5) is 4.79 Å². The van der Waals surface area contributed by atoms with E-state index in [-0.39, 0.29) is 19.8 Å². The Labute approximate surface area is 125 Å². The van der Waals surface area contributed by atoms with E-state index in [9.17, 15) is 4.79 Å². The maximum atomic E-state index is 11.6. The normalized spacial score (nSPS) is 10.6. The van der Waals surface area contributed by atoms with Gasteiger partial charge in [-0.3, -0.25) is 0 Å². The number of rotatable bonds is 6. The second-order valence-corrected chi connectivity index (χ2v) is 6.23. The predicted molar refractivity (Wildman–Crippen MR) is 83.3 cm³/mol. The van der Waals surface area contributed by atoms with Crippen molar-refractivity contribution in [1.82, 2.24) is 0 Å². The Kier molecular flexibility index (Phi) is 6.09. The van der Waals surface area contributed by atoms with E-state index in [1.54, 1.807) is 0 Å². The Balaban J connectivity index is 1.66. The zero-order valence-electron chi connectivity index (χ0n) is 11.1. The summed E-state index contributed by atoms with van der Waals surface area (Å²) >= 11 is -0.246. The number of hydrogen-bond donors (Lipinski definition) is 0. The van der Waals surface area contributed by atoms with E-state index in [1.165, 1.54) is 0 Å². The summed E-state index contributed by atoms with van der Waals surface area (Å²) in [5, 5.41) is 0. The van der Waals surface area contributed by atoms with Gasteiger partial charge >= 0.3 is 125 Å². The fourth-order valence-corrected chi connectivity index (χ4v) is 2.93. The Morgan fingerprint density at radius 2 is 1.65 bits per heavy atom. The summed E-state index contributed by atoms with van der Waals surface area (Å²) in [5.74, 6) is 0. The molecular formula is C17H16O2Se. The van der Waals surface area contributed by atoms with Crippen molar-refractivity contribution in [3.8, 4) is 0 Å². The molecule has 0 saturated heterocycles. The van der Waals surface area contributed by atoms with Gasteiger partial charge in [0.05, 0.1) is 0 Å². The van der Waals surface area contributed by atoms with Crippen molar-refractivity contribution in [2.75, 3.05) is 6.61 Å². The number of benzene rings is 2. The number of ether oxygens (including phenoxy) is 1. The quantitative estimate of drug-likeness (QED) is 0.600. The molecule has 2 nitrogen and oxygen atoms in total. The van der Waals surface area contributed by atoms with E-state index in [2.05, 4.69) is 0 Å². The van der Waals surface area contributed by atoms with Crippen LogP contribution in [0, 0.1) is 0 Å². The SMILES string of the molecule is O=C(OCC/C=C/c1ccccc1)[Se]c1ccccc1. The Hall–Kier alpha value is -1.83. The van der Waals surface area contributed by atoms with E-state index in [4.69, 9.17) is 4.74 Å². The molecule has 0 aliphatic rings. The molecule has 0 aliphatic heterocycles. The topological polar surface area (TPSA) is 26.3 Å². The first-order valence-electron chi connectivity index (χ1n) is 6.46. The van der Waals surface area contributed by atoms with Crippen LogP contribution < -0.4 is 4.46 Å². The minimum atomic E-state index is -0.246. The molecule has 0 aromatic heterocycles. The van der Waals surface area contributed by atoms with E-state index in [0.29, 0.717) is 6.61 Å². The van der Waals surface area contributed by atoms with E-state index in [0.717, 1.165) is 16.4 Å². The van der Waals surface area contributed by atoms with E-state index < -0.39 is 0 Å². The summed E-state index contributed by atoms with van der Waals surface area (Å²) in [6, 6.07) is 19.8. The van der Waals surface area contributed by atoms with Crippen LogP contribution in [0.1, 0.15) is 12.0 Å². The predicted octanol–water partition coefficient (Wildman–Crippen LogP) is 3.26. The second kappa shape index (κ2) is 8.36. The van der Waals surface area contributed by atoms with Crippen molar-refractivity contribution < 1.29 is 9.53 Å². The molecule has 0 spiro atoms. The van der Waals surface area contributed by atoms with Crippen LogP contribution in [0.25, 0.3) is 6.08 Å². The van der Waals surface area contributed by atoms with Crippen LogP contribution in [-0.2, 0) is 4.74 Å². The molecule has 0 radical (unpaired) electrons. The van der Waals surface area contributed by atoms with Crippen molar-refractivity contribution in [3.63, 3.8) is 0 Å². The molecule has 2 rings (SSSR count). The average molecular weight is 331 g/mol. The molecule has 0 saturated carbocycles. The van der Waals surface area contributed by atoms with E-state index in [1.807, 2.05) is 72.8 Å². The van der Waals surface area contributed by atoms with Gasteiger partial charge in [-0.25, -0.2) is 0 Å². The molecular weight excluding hydrogens is 315 g/mol. The van der Waals surface area contributed by atoms with Gasteiger partial charge in [-0.2, -0.15) is 0 Å². The molecule has 102 valence electrons. The second-order valence-electron chi connectivity index (χ2n) is 4.12. The van der Waals surface area contributed by atoms with Crippen LogP contribution in [0.5, 0.6) is 0 Å². The fraction of sp³-hybridized carbons (Fsp3) is 0.118. The van der Waals surface area contributed by atoms with E-state index >= 15 is 0 Å². The third kappa shape index (κ3) is 5.43. The van der Waals surface area contributed by atoms with Crippen molar-refractivity contribution in [1.29, 1.82) is 0 Å². The van der Waals surface area contributed by atoms with Gasteiger partial charge in [0, 0.05) is 0 Å². The summed E-state index contributed by atoms with van der Waals surface area (Å²) in [7, 11) is 0. The van der Waals surface area contributed by atoms with Gasteiger partial charge in [0.25, 0.3) is 0 Å². The molecule has 0 atom stereocenters. The van der Waals surface area contributed by atoms with Gasteiger partial charge in [-0.15, -0.1) is 0 Å². The fourth-order valence-electron chi connectivity index (χ4n) is 1.61. The summed E-state index contributed by atoms with van der Waals surface area (Å²) in [6.07, 6.45) is 4.81. The molecule has 0 amide bonds. The minimum absolute atomic E-state index is 0.114. The monoisotopic (exact) mass is 332 g/mol. The molecule has 3 heteroatoms. The summed E-state index contributed by atoms with van der Waals surface area (Å²) in [6.45, 7) is 0.441. The van der Waals surface area contributed by atoms with Crippen molar-refractivity contribution in [3.05, 3.63) is 72.3 Å². The van der Waals surface area contributed by atoms with Crippen LogP contribution in [0.3, 0.4) is 0 Å². The van der Waals surface area contributed by atoms with Gasteiger partial charge < -0.3 is 0 Å². The molecule has 0 bridgehead atoms. The maximum absolute atomic E-state index is 11.6. The summed E-state index contributed by atoms with van der Waals surface area (Å²) in [4.78, 5) is 11.5. The molecule has 2 aromatic rings. The zero-order valence-corrected chi connectivity index (χ0v) is 12.8. The Bertz CT molecular complexity index is 550. The molecule has 0 unspecified atom stereocenters. The van der Waals surface area contributed by atoms with Gasteiger partial charge in [0.2, 0.25) is 0 Å². The van der Waals surface area contributed by atoms with Gasteiger partial charge in [0.15, 0.2) is 0 Å². The Morgan fingerprint density at radius 1 is 1.00 bits per heavy atom. The first kappa shape index (κ1) is 14.6. The third-order valence-electron chi connectivity index (χ3n) is 2.56. The first-order valence-corrected chi connectivity index (χ1v) is 8.17. The van der Waals surface area contributed by atoms with Gasteiger partial charge in [-0.05, 0) is 0 Å². The number of carbonyl (C=O) groups is 1. The van der Waals surface area contributed by atoms with Gasteiger partial charge in [0.1, 0.15) is 0 Å². The van der Waals surface area contributed by atoms with Crippen LogP contribution in [-0.4, -0.2) is 26.4 Å². The molecule has 20 heavy (non-hydrogen) atoms. The van der Waals surface area contributed by atoms with Crippen molar-refractivity contribution in [2.24, 2.45) is 0 Å². The number of carbonyl (C=O) groups excluding carboxylic acids is 1. The molecule has 2 aromatic carbocycles.